The van der Waals surface area contributed by atoms with E-state index in [1.807, 2.05) is 24.3 Å². The second-order valence-corrected chi connectivity index (χ2v) is 3.13. The third kappa shape index (κ3) is 3.77. The first kappa shape index (κ1) is 11.0. The first-order valence-electron chi connectivity index (χ1n) is 4.56. The maximum atomic E-state index is 9.11. The summed E-state index contributed by atoms with van der Waals surface area (Å²) in [7, 11) is 0. The summed E-state index contributed by atoms with van der Waals surface area (Å²) in [6.45, 7) is 1.97. The van der Waals surface area contributed by atoms with Crippen LogP contribution in [0.3, 0.4) is 0 Å². The number of hydrogen-bond donors (Lipinski definition) is 2. The summed E-state index contributed by atoms with van der Waals surface area (Å²) in [5.41, 5.74) is 1.00. The lowest BCUT2D eigenvalue weighted by molar-refractivity contribution is 0.201. The molecule has 2 N–H and O–H groups in total. The normalized spacial score (nSPS) is 10.6. The minimum Gasteiger partial charge on any atom is -0.491 e. The molecule has 3 heteroatoms. The molecule has 0 fully saturated rings. The van der Waals surface area contributed by atoms with E-state index in [0.29, 0.717) is 19.1 Å². The summed E-state index contributed by atoms with van der Waals surface area (Å²) in [6, 6.07) is 7.47. The summed E-state index contributed by atoms with van der Waals surface area (Å²) in [5, 5.41) is 17.7. The van der Waals surface area contributed by atoms with Crippen LogP contribution >= 0.6 is 0 Å². The number of rotatable bonds is 5. The summed E-state index contributed by atoms with van der Waals surface area (Å²) in [6.07, 6.45) is 0.917. The molecule has 0 aliphatic heterocycles. The first-order valence-corrected chi connectivity index (χ1v) is 4.56. The molecule has 0 saturated carbocycles. The number of aliphatic hydroxyl groups excluding tert-OH is 2. The van der Waals surface area contributed by atoms with Crippen molar-refractivity contribution in [1.82, 2.24) is 0 Å². The van der Waals surface area contributed by atoms with Crippen molar-refractivity contribution in [2.75, 3.05) is 13.2 Å². The van der Waals surface area contributed by atoms with Gasteiger partial charge in [-0.25, -0.2) is 0 Å². The largest absolute Gasteiger partial charge is 0.491 e. The predicted molar refractivity (Wildman–Crippen MR) is 53.6 cm³/mol. The quantitative estimate of drug-likeness (QED) is 0.749. The van der Waals surface area contributed by atoms with Crippen molar-refractivity contribution in [3.63, 3.8) is 0 Å². The molecule has 1 aromatic rings. The smallest absolute Gasteiger partial charge is 0.119 e. The standard InChI is InChI=1S/C11H15O3/c1-9(13)7-10-3-2-4-11(8-10)14-6-5-12/h2-4,8,12-13H,5-7H2,1H3. The Labute approximate surface area is 84.0 Å². The van der Waals surface area contributed by atoms with Crippen molar-refractivity contribution in [3.05, 3.63) is 35.9 Å². The topological polar surface area (TPSA) is 49.7 Å². The lowest BCUT2D eigenvalue weighted by Crippen LogP contribution is -2.02. The van der Waals surface area contributed by atoms with Crippen LogP contribution < -0.4 is 4.74 Å². The predicted octanol–water partition coefficient (Wildman–Crippen LogP) is 1.52. The van der Waals surface area contributed by atoms with Crippen LogP contribution in [0.1, 0.15) is 12.5 Å². The maximum absolute atomic E-state index is 9.11. The van der Waals surface area contributed by atoms with E-state index in [9.17, 15) is 0 Å². The molecule has 77 valence electrons. The highest BCUT2D eigenvalue weighted by Gasteiger charge is 2.01. The van der Waals surface area contributed by atoms with Crippen LogP contribution in [0.5, 0.6) is 5.75 Å². The third-order valence-corrected chi connectivity index (χ3v) is 1.72. The van der Waals surface area contributed by atoms with Crippen LogP contribution in [0.25, 0.3) is 0 Å². The fourth-order valence-corrected chi connectivity index (χ4v) is 1.20. The van der Waals surface area contributed by atoms with Crippen LogP contribution in [0.15, 0.2) is 24.3 Å². The molecule has 0 unspecified atom stereocenters. The summed E-state index contributed by atoms with van der Waals surface area (Å²) < 4.78 is 5.24. The molecule has 1 aromatic carbocycles. The van der Waals surface area contributed by atoms with Gasteiger partial charge in [0, 0.05) is 6.42 Å². The molecule has 0 aromatic heterocycles. The molecule has 0 atom stereocenters. The SMILES string of the molecule is C[C](O)Cc1cccc(OCCO)c1. The van der Waals surface area contributed by atoms with Crippen molar-refractivity contribution in [2.24, 2.45) is 0 Å². The minimum atomic E-state index is 0.00931. The number of ether oxygens (including phenoxy) is 1. The van der Waals surface area contributed by atoms with Crippen LogP contribution in [0.2, 0.25) is 0 Å². The Balaban J connectivity index is 2.59. The molecular weight excluding hydrogens is 180 g/mol. The van der Waals surface area contributed by atoms with Crippen molar-refractivity contribution in [3.8, 4) is 5.75 Å². The summed E-state index contributed by atoms with van der Waals surface area (Å²) in [5.74, 6) is 0.720. The van der Waals surface area contributed by atoms with Crippen molar-refractivity contribution in [2.45, 2.75) is 13.3 Å². The van der Waals surface area contributed by atoms with Gasteiger partial charge >= 0.3 is 0 Å². The molecule has 1 rings (SSSR count). The Bertz CT molecular complexity index is 271. The molecule has 0 amide bonds. The van der Waals surface area contributed by atoms with Gasteiger partial charge in [-0.05, 0) is 24.6 Å². The second kappa shape index (κ2) is 5.62. The molecule has 3 nitrogen and oxygen atoms in total. The first-order chi connectivity index (χ1) is 6.72. The maximum Gasteiger partial charge on any atom is 0.119 e. The fourth-order valence-electron chi connectivity index (χ4n) is 1.20. The second-order valence-electron chi connectivity index (χ2n) is 3.13. The monoisotopic (exact) mass is 195 g/mol. The third-order valence-electron chi connectivity index (χ3n) is 1.72. The van der Waals surface area contributed by atoms with Crippen LogP contribution in [0, 0.1) is 6.10 Å². The Morgan fingerprint density at radius 2 is 2.21 bits per heavy atom. The van der Waals surface area contributed by atoms with E-state index in [4.69, 9.17) is 14.9 Å². The molecular formula is C11H15O3. The van der Waals surface area contributed by atoms with Gasteiger partial charge in [-0.15, -0.1) is 0 Å². The lowest BCUT2D eigenvalue weighted by atomic mass is 10.1. The molecule has 0 spiro atoms. The van der Waals surface area contributed by atoms with Gasteiger partial charge in [0.1, 0.15) is 12.4 Å². The Kier molecular flexibility index (Phi) is 4.43. The molecule has 0 aliphatic rings. The van der Waals surface area contributed by atoms with Crippen LogP contribution in [0.4, 0.5) is 0 Å². The van der Waals surface area contributed by atoms with E-state index in [-0.39, 0.29) is 6.61 Å². The van der Waals surface area contributed by atoms with Crippen molar-refractivity contribution in [1.29, 1.82) is 0 Å². The van der Waals surface area contributed by atoms with Crippen LogP contribution in [-0.2, 0) is 6.42 Å². The van der Waals surface area contributed by atoms with Gasteiger partial charge in [-0.3, -0.25) is 0 Å². The van der Waals surface area contributed by atoms with E-state index >= 15 is 0 Å². The molecule has 14 heavy (non-hydrogen) atoms. The zero-order valence-corrected chi connectivity index (χ0v) is 8.23. The van der Waals surface area contributed by atoms with Crippen molar-refractivity contribution >= 4 is 0 Å². The lowest BCUT2D eigenvalue weighted by Gasteiger charge is -2.07. The van der Waals surface area contributed by atoms with E-state index in [0.717, 1.165) is 11.3 Å². The van der Waals surface area contributed by atoms with Gasteiger partial charge in [0.05, 0.1) is 12.7 Å². The number of hydrogen-bond acceptors (Lipinski definition) is 3. The summed E-state index contributed by atoms with van der Waals surface area (Å²) >= 11 is 0. The van der Waals surface area contributed by atoms with E-state index in [1.165, 1.54) is 0 Å². The molecule has 0 bridgehead atoms. The zero-order valence-electron chi connectivity index (χ0n) is 8.23. The summed E-state index contributed by atoms with van der Waals surface area (Å²) in [4.78, 5) is 0. The molecule has 0 aliphatic carbocycles. The average molecular weight is 195 g/mol. The van der Waals surface area contributed by atoms with E-state index < -0.39 is 0 Å². The molecule has 0 saturated heterocycles. The van der Waals surface area contributed by atoms with Gasteiger partial charge in [-0.2, -0.15) is 0 Å². The highest BCUT2D eigenvalue weighted by Crippen LogP contribution is 2.15. The van der Waals surface area contributed by atoms with Gasteiger partial charge in [0.2, 0.25) is 0 Å². The number of benzene rings is 1. The average Bonchev–Trinajstić information content (AvgIpc) is 2.14. The minimum absolute atomic E-state index is 0.00931. The Hall–Kier alpha value is -1.06. The van der Waals surface area contributed by atoms with Gasteiger partial charge in [0.15, 0.2) is 0 Å². The van der Waals surface area contributed by atoms with Gasteiger partial charge < -0.3 is 14.9 Å². The highest BCUT2D eigenvalue weighted by atomic mass is 16.5. The molecule has 1 radical (unpaired) electrons. The van der Waals surface area contributed by atoms with Gasteiger partial charge in [-0.1, -0.05) is 12.1 Å². The van der Waals surface area contributed by atoms with Crippen LogP contribution in [-0.4, -0.2) is 23.4 Å². The van der Waals surface area contributed by atoms with Crippen molar-refractivity contribution < 1.29 is 14.9 Å². The number of aliphatic hydroxyl groups is 2. The molecule has 0 heterocycles. The zero-order chi connectivity index (χ0) is 10.4. The van der Waals surface area contributed by atoms with E-state index in [2.05, 4.69) is 0 Å². The Morgan fingerprint density at radius 3 is 2.86 bits per heavy atom. The fraction of sp³-hybridized carbons (Fsp3) is 0.364. The van der Waals surface area contributed by atoms with Gasteiger partial charge in [0.25, 0.3) is 0 Å². The Morgan fingerprint density at radius 1 is 1.43 bits per heavy atom. The van der Waals surface area contributed by atoms with E-state index in [1.54, 1.807) is 6.92 Å². The highest BCUT2D eigenvalue weighted by molar-refractivity contribution is 5.29.